The highest BCUT2D eigenvalue weighted by Crippen LogP contribution is 2.06. The lowest BCUT2D eigenvalue weighted by molar-refractivity contribution is -0.148. The molecule has 1 rings (SSSR count). The van der Waals surface area contributed by atoms with Gasteiger partial charge in [-0.15, -0.1) is 0 Å². The summed E-state index contributed by atoms with van der Waals surface area (Å²) in [4.78, 5) is 26.0. The van der Waals surface area contributed by atoms with Gasteiger partial charge in [-0.2, -0.15) is 0 Å². The van der Waals surface area contributed by atoms with Crippen molar-refractivity contribution in [1.82, 2.24) is 9.80 Å². The van der Waals surface area contributed by atoms with Crippen molar-refractivity contribution in [3.8, 4) is 0 Å². The molecule has 0 aromatic rings. The smallest absolute Gasteiger partial charge is 0.242 e. The maximum atomic E-state index is 11.6. The monoisotopic (exact) mass is 228 g/mol. The van der Waals surface area contributed by atoms with Gasteiger partial charge in [0.05, 0.1) is 19.2 Å². The lowest BCUT2D eigenvalue weighted by Crippen LogP contribution is -2.52. The maximum Gasteiger partial charge on any atom is 0.242 e. The Kier molecular flexibility index (Phi) is 4.73. The summed E-state index contributed by atoms with van der Waals surface area (Å²) in [5.74, 6) is 0.00859. The molecule has 5 nitrogen and oxygen atoms in total. The third kappa shape index (κ3) is 3.81. The Labute approximate surface area is 96.0 Å². The molecule has 1 aliphatic heterocycles. The van der Waals surface area contributed by atoms with Gasteiger partial charge in [-0.3, -0.25) is 9.59 Å². The number of rotatable bonds is 5. The third-order valence-corrected chi connectivity index (χ3v) is 2.78. The predicted molar refractivity (Wildman–Crippen MR) is 59.7 cm³/mol. The van der Waals surface area contributed by atoms with Gasteiger partial charge in [0.25, 0.3) is 0 Å². The van der Waals surface area contributed by atoms with Gasteiger partial charge in [-0.05, 0) is 26.2 Å². The molecule has 0 aliphatic carbocycles. The van der Waals surface area contributed by atoms with Crippen molar-refractivity contribution in [3.63, 3.8) is 0 Å². The van der Waals surface area contributed by atoms with Gasteiger partial charge in [0.2, 0.25) is 11.8 Å². The van der Waals surface area contributed by atoms with Gasteiger partial charge in [-0.25, -0.2) is 0 Å². The molecule has 0 saturated carbocycles. The number of carbonyl (C=O) groups is 2. The lowest BCUT2D eigenvalue weighted by Gasteiger charge is -2.31. The van der Waals surface area contributed by atoms with Crippen LogP contribution in [0.5, 0.6) is 0 Å². The minimum Gasteiger partial charge on any atom is -0.393 e. The molecule has 0 spiro atoms. The fourth-order valence-electron chi connectivity index (χ4n) is 1.71. The minimum absolute atomic E-state index is 0.00451. The molecule has 2 amide bonds. The summed E-state index contributed by atoms with van der Waals surface area (Å²) < 4.78 is 0. The first kappa shape index (κ1) is 13.0. The van der Waals surface area contributed by atoms with E-state index in [9.17, 15) is 9.59 Å². The van der Waals surface area contributed by atoms with Crippen LogP contribution >= 0.6 is 0 Å². The highest BCUT2D eigenvalue weighted by molar-refractivity contribution is 5.92. The average molecular weight is 228 g/mol. The zero-order valence-electron chi connectivity index (χ0n) is 9.98. The Morgan fingerprint density at radius 3 is 2.56 bits per heavy atom. The van der Waals surface area contributed by atoms with E-state index in [1.54, 1.807) is 18.9 Å². The molecule has 1 unspecified atom stereocenters. The van der Waals surface area contributed by atoms with E-state index in [4.69, 9.17) is 5.11 Å². The highest BCUT2D eigenvalue weighted by atomic mass is 16.3. The number of piperazine rings is 1. The standard InChI is InChI=1S/C11H20N2O3/c1-9(14)5-3-4-6-13-8-10(15)12(2)7-11(13)16/h9,14H,3-8H2,1-2H3. The number of unbranched alkanes of at least 4 members (excludes halogenated alkanes) is 1. The fraction of sp³-hybridized carbons (Fsp3) is 0.818. The number of likely N-dealkylation sites (N-methyl/N-ethyl adjacent to an activating group) is 1. The topological polar surface area (TPSA) is 60.9 Å². The quantitative estimate of drug-likeness (QED) is 0.665. The van der Waals surface area contributed by atoms with Gasteiger partial charge < -0.3 is 14.9 Å². The van der Waals surface area contributed by atoms with E-state index in [0.29, 0.717) is 6.54 Å². The van der Waals surface area contributed by atoms with Crippen molar-refractivity contribution in [3.05, 3.63) is 0 Å². The van der Waals surface area contributed by atoms with Gasteiger partial charge in [-0.1, -0.05) is 0 Å². The van der Waals surface area contributed by atoms with Gasteiger partial charge in [0, 0.05) is 13.6 Å². The second-order valence-corrected chi connectivity index (χ2v) is 4.41. The Morgan fingerprint density at radius 2 is 1.94 bits per heavy atom. The molecule has 0 aromatic carbocycles. The SMILES string of the molecule is CC(O)CCCCN1CC(=O)N(C)CC1=O. The molecule has 0 radical (unpaired) electrons. The van der Waals surface area contributed by atoms with Gasteiger partial charge >= 0.3 is 0 Å². The van der Waals surface area contributed by atoms with E-state index >= 15 is 0 Å². The molecule has 92 valence electrons. The molecule has 0 aromatic heterocycles. The first-order chi connectivity index (χ1) is 7.50. The number of hydrogen-bond acceptors (Lipinski definition) is 3. The van der Waals surface area contributed by atoms with Crippen molar-refractivity contribution in [2.75, 3.05) is 26.7 Å². The van der Waals surface area contributed by atoms with E-state index in [0.717, 1.165) is 19.3 Å². The number of hydrogen-bond donors (Lipinski definition) is 1. The molecule has 1 saturated heterocycles. The predicted octanol–water partition coefficient (Wildman–Crippen LogP) is -0.162. The number of amides is 2. The number of nitrogens with zero attached hydrogens (tertiary/aromatic N) is 2. The molecule has 1 heterocycles. The summed E-state index contributed by atoms with van der Waals surface area (Å²) in [7, 11) is 1.64. The molecule has 1 fully saturated rings. The molecule has 1 aliphatic rings. The van der Waals surface area contributed by atoms with Gasteiger partial charge in [0.1, 0.15) is 0 Å². The van der Waals surface area contributed by atoms with Crippen LogP contribution in [0.1, 0.15) is 26.2 Å². The number of carbonyl (C=O) groups excluding carboxylic acids is 2. The molecular formula is C11H20N2O3. The van der Waals surface area contributed by atoms with E-state index < -0.39 is 0 Å². The van der Waals surface area contributed by atoms with E-state index in [2.05, 4.69) is 0 Å². The van der Waals surface area contributed by atoms with E-state index in [-0.39, 0.29) is 31.0 Å². The third-order valence-electron chi connectivity index (χ3n) is 2.78. The van der Waals surface area contributed by atoms with Crippen LogP contribution in [0.2, 0.25) is 0 Å². The highest BCUT2D eigenvalue weighted by Gasteiger charge is 2.26. The van der Waals surface area contributed by atoms with E-state index in [1.807, 2.05) is 0 Å². The fourth-order valence-corrected chi connectivity index (χ4v) is 1.71. The normalized spacial score (nSPS) is 19.2. The maximum absolute atomic E-state index is 11.6. The van der Waals surface area contributed by atoms with Crippen molar-refractivity contribution in [2.45, 2.75) is 32.3 Å². The van der Waals surface area contributed by atoms with Crippen LogP contribution in [0.25, 0.3) is 0 Å². The Hall–Kier alpha value is -1.10. The molecule has 0 bridgehead atoms. The first-order valence-electron chi connectivity index (χ1n) is 5.70. The summed E-state index contributed by atoms with van der Waals surface area (Å²) in [5.41, 5.74) is 0. The molecule has 5 heteroatoms. The van der Waals surface area contributed by atoms with Crippen molar-refractivity contribution in [1.29, 1.82) is 0 Å². The Morgan fingerprint density at radius 1 is 1.25 bits per heavy atom. The molecule has 1 N–H and O–H groups in total. The van der Waals surface area contributed by atoms with E-state index in [1.165, 1.54) is 4.90 Å². The van der Waals surface area contributed by atoms with Crippen molar-refractivity contribution >= 4 is 11.8 Å². The minimum atomic E-state index is -0.287. The lowest BCUT2D eigenvalue weighted by atomic mass is 10.1. The second-order valence-electron chi connectivity index (χ2n) is 4.41. The Balaban J connectivity index is 2.26. The Bertz CT molecular complexity index is 266. The zero-order valence-corrected chi connectivity index (χ0v) is 9.98. The zero-order chi connectivity index (χ0) is 12.1. The van der Waals surface area contributed by atoms with Crippen LogP contribution in [0.4, 0.5) is 0 Å². The number of aliphatic hydroxyl groups excluding tert-OH is 1. The van der Waals surface area contributed by atoms with Crippen molar-refractivity contribution in [2.24, 2.45) is 0 Å². The molecular weight excluding hydrogens is 208 g/mol. The van der Waals surface area contributed by atoms with Gasteiger partial charge in [0.15, 0.2) is 0 Å². The van der Waals surface area contributed by atoms with Crippen molar-refractivity contribution < 1.29 is 14.7 Å². The number of aliphatic hydroxyl groups is 1. The summed E-state index contributed by atoms with van der Waals surface area (Å²) in [6.07, 6.45) is 2.18. The van der Waals surface area contributed by atoms with Crippen LogP contribution in [-0.4, -0.2) is 59.5 Å². The van der Waals surface area contributed by atoms with Crippen LogP contribution < -0.4 is 0 Å². The summed E-state index contributed by atoms with van der Waals surface area (Å²) >= 11 is 0. The van der Waals surface area contributed by atoms with Crippen LogP contribution in [0.3, 0.4) is 0 Å². The first-order valence-corrected chi connectivity index (χ1v) is 5.70. The van der Waals surface area contributed by atoms with Crippen LogP contribution in [0.15, 0.2) is 0 Å². The van der Waals surface area contributed by atoms with Crippen LogP contribution in [0, 0.1) is 0 Å². The molecule has 1 atom stereocenters. The molecule has 16 heavy (non-hydrogen) atoms. The second kappa shape index (κ2) is 5.84. The average Bonchev–Trinajstić information content (AvgIpc) is 2.19. The summed E-state index contributed by atoms with van der Waals surface area (Å²) in [6, 6.07) is 0. The largest absolute Gasteiger partial charge is 0.393 e. The summed E-state index contributed by atoms with van der Waals surface area (Å²) in [5, 5.41) is 9.08. The summed E-state index contributed by atoms with van der Waals surface area (Å²) in [6.45, 7) is 2.76. The van der Waals surface area contributed by atoms with Crippen LogP contribution in [-0.2, 0) is 9.59 Å².